The summed E-state index contributed by atoms with van der Waals surface area (Å²) >= 11 is 1.20. The summed E-state index contributed by atoms with van der Waals surface area (Å²) in [5, 5.41) is 37.0. The highest BCUT2D eigenvalue weighted by atomic mass is 32.1. The van der Waals surface area contributed by atoms with Gasteiger partial charge in [0.1, 0.15) is 17.0 Å². The summed E-state index contributed by atoms with van der Waals surface area (Å²) in [6, 6.07) is 10.5. The highest BCUT2D eigenvalue weighted by molar-refractivity contribution is 7.16. The number of nitriles is 2. The van der Waals surface area contributed by atoms with E-state index in [2.05, 4.69) is 46.3 Å². The topological polar surface area (TPSA) is 133 Å². The first-order valence-corrected chi connectivity index (χ1v) is 24.0. The zero-order valence-corrected chi connectivity index (χ0v) is 38.1. The largest absolute Gasteiger partial charge is 0.394 e. The lowest BCUT2D eigenvalue weighted by molar-refractivity contribution is -0.00489. The van der Waals surface area contributed by atoms with Gasteiger partial charge in [-0.3, -0.25) is 0 Å². The van der Waals surface area contributed by atoms with Crippen molar-refractivity contribution in [1.29, 1.82) is 10.5 Å². The predicted molar refractivity (Wildman–Crippen MR) is 244 cm³/mol. The van der Waals surface area contributed by atoms with E-state index in [1.807, 2.05) is 13.0 Å². The molecule has 1 aromatic carbocycles. The third kappa shape index (κ3) is 25.5. The molecule has 0 amide bonds. The van der Waals surface area contributed by atoms with E-state index in [0.29, 0.717) is 73.9 Å². The number of thiophene rings is 1. The first kappa shape index (κ1) is 52.2. The Morgan fingerprint density at radius 2 is 1.03 bits per heavy atom. The van der Waals surface area contributed by atoms with E-state index in [4.69, 9.17) is 24.1 Å². The molecule has 0 atom stereocenters. The first-order valence-electron chi connectivity index (χ1n) is 23.2. The molecule has 332 valence electrons. The minimum atomic E-state index is 0.0211. The van der Waals surface area contributed by atoms with E-state index in [1.165, 1.54) is 146 Å². The Labute approximate surface area is 362 Å². The van der Waals surface area contributed by atoms with Crippen LogP contribution in [0.3, 0.4) is 0 Å². The molecule has 1 heterocycles. The van der Waals surface area contributed by atoms with Crippen molar-refractivity contribution < 1.29 is 24.1 Å². The minimum Gasteiger partial charge on any atom is -0.394 e. The second kappa shape index (κ2) is 36.9. The molecule has 2 aromatic rings. The van der Waals surface area contributed by atoms with Gasteiger partial charge >= 0.3 is 0 Å². The molecule has 1 aromatic heterocycles. The maximum atomic E-state index is 9.59. The molecule has 0 aliphatic heterocycles. The van der Waals surface area contributed by atoms with Crippen LogP contribution < -0.4 is 4.90 Å². The number of aliphatic hydroxyl groups excluding tert-OH is 1. The number of aryl methyl sites for hydroxylation is 1. The molecular weight excluding hydrogens is 759 g/mol. The Morgan fingerprint density at radius 1 is 0.576 bits per heavy atom. The number of benzene rings is 1. The van der Waals surface area contributed by atoms with Crippen LogP contribution in [0.1, 0.15) is 170 Å². The number of rotatable bonds is 40. The maximum Gasteiger partial charge on any atom is 0.158 e. The smallest absolute Gasteiger partial charge is 0.158 e. The molecule has 2 rings (SSSR count). The van der Waals surface area contributed by atoms with Gasteiger partial charge in [-0.1, -0.05) is 142 Å². The third-order valence-electron chi connectivity index (χ3n) is 10.8. The lowest BCUT2D eigenvalue weighted by Gasteiger charge is -2.25. The number of azo groups is 1. The average Bonchev–Trinajstić information content (AvgIpc) is 3.56. The van der Waals surface area contributed by atoms with Crippen molar-refractivity contribution >= 4 is 27.7 Å². The van der Waals surface area contributed by atoms with Crippen LogP contribution in [-0.4, -0.2) is 77.7 Å². The molecule has 0 spiro atoms. The highest BCUT2D eigenvalue weighted by Crippen LogP contribution is 2.36. The SMILES string of the molecule is CCCCCCCCCCCCCCCCCCCCCCCCN(CCOCCOCCOCCOCCO)c1ccc(/N=N\c2sc(C#N)c(C)c2C#N)c(C)c1. The Bertz CT molecular complexity index is 1440. The van der Waals surface area contributed by atoms with Crippen LogP contribution >= 0.6 is 11.3 Å². The highest BCUT2D eigenvalue weighted by Gasteiger charge is 2.15. The van der Waals surface area contributed by atoms with Crippen LogP contribution in [0.4, 0.5) is 16.4 Å². The Hall–Kier alpha value is -2.90. The van der Waals surface area contributed by atoms with Crippen molar-refractivity contribution in [3.8, 4) is 12.1 Å². The number of unbranched alkanes of at least 4 members (excludes halogenated alkanes) is 21. The summed E-state index contributed by atoms with van der Waals surface area (Å²) in [7, 11) is 0. The van der Waals surface area contributed by atoms with Crippen LogP contribution in [0.2, 0.25) is 0 Å². The molecule has 0 bridgehead atoms. The van der Waals surface area contributed by atoms with Gasteiger partial charge in [-0.2, -0.15) is 10.5 Å². The molecule has 10 nitrogen and oxygen atoms in total. The van der Waals surface area contributed by atoms with Gasteiger partial charge in [-0.05, 0) is 49.6 Å². The van der Waals surface area contributed by atoms with E-state index in [9.17, 15) is 10.5 Å². The van der Waals surface area contributed by atoms with Crippen molar-refractivity contribution in [2.24, 2.45) is 10.2 Å². The van der Waals surface area contributed by atoms with Crippen LogP contribution in [-0.2, 0) is 18.9 Å². The molecule has 0 saturated carbocycles. The first-order chi connectivity index (χ1) is 29.0. The zero-order chi connectivity index (χ0) is 42.4. The van der Waals surface area contributed by atoms with Crippen LogP contribution in [0.15, 0.2) is 28.4 Å². The van der Waals surface area contributed by atoms with Crippen LogP contribution in [0, 0.1) is 36.5 Å². The van der Waals surface area contributed by atoms with E-state index in [0.717, 1.165) is 36.4 Å². The number of hydrogen-bond acceptors (Lipinski definition) is 11. The van der Waals surface area contributed by atoms with Gasteiger partial charge in [0.15, 0.2) is 5.00 Å². The van der Waals surface area contributed by atoms with Gasteiger partial charge in [-0.15, -0.1) is 21.6 Å². The fourth-order valence-electron chi connectivity index (χ4n) is 7.14. The molecule has 0 aliphatic carbocycles. The van der Waals surface area contributed by atoms with Crippen LogP contribution in [0.25, 0.3) is 0 Å². The number of aliphatic hydroxyl groups is 1. The molecule has 0 unspecified atom stereocenters. The van der Waals surface area contributed by atoms with Gasteiger partial charge in [0.2, 0.25) is 0 Å². The summed E-state index contributed by atoms with van der Waals surface area (Å²) in [5.74, 6) is 0. The molecule has 0 saturated heterocycles. The Morgan fingerprint density at radius 3 is 1.47 bits per heavy atom. The molecule has 11 heteroatoms. The second-order valence-electron chi connectivity index (χ2n) is 15.7. The summed E-state index contributed by atoms with van der Waals surface area (Å²) in [6.45, 7) is 11.7. The summed E-state index contributed by atoms with van der Waals surface area (Å²) < 4.78 is 22.3. The quantitative estimate of drug-likeness (QED) is 0.0518. The van der Waals surface area contributed by atoms with Crippen molar-refractivity contribution in [3.05, 3.63) is 39.8 Å². The zero-order valence-electron chi connectivity index (χ0n) is 37.3. The monoisotopic (exact) mass is 838 g/mol. The van der Waals surface area contributed by atoms with Gasteiger partial charge in [0.25, 0.3) is 0 Å². The van der Waals surface area contributed by atoms with Gasteiger partial charge in [-0.25, -0.2) is 0 Å². The Balaban J connectivity index is 1.68. The van der Waals surface area contributed by atoms with Crippen molar-refractivity contribution in [1.82, 2.24) is 0 Å². The third-order valence-corrected chi connectivity index (χ3v) is 11.9. The molecule has 59 heavy (non-hydrogen) atoms. The summed E-state index contributed by atoms with van der Waals surface area (Å²) in [5.41, 5.74) is 3.93. The van der Waals surface area contributed by atoms with E-state index < -0.39 is 0 Å². The molecule has 0 fully saturated rings. The van der Waals surface area contributed by atoms with E-state index in [1.54, 1.807) is 6.92 Å². The fraction of sp³-hybridized carbons (Fsp3) is 0.750. The maximum absolute atomic E-state index is 9.59. The summed E-state index contributed by atoms with van der Waals surface area (Å²) in [4.78, 5) is 2.89. The molecule has 1 N–H and O–H groups in total. The lowest BCUT2D eigenvalue weighted by atomic mass is 10.0. The predicted octanol–water partition coefficient (Wildman–Crippen LogP) is 13.0. The standard InChI is InChI=1S/C48H79N5O5S/c1-4-5-6-7-8-9-10-11-12-13-14-15-16-17-18-19-20-21-22-23-24-25-28-53(29-31-55-33-35-57-37-38-58-36-34-56-32-30-54)44-26-27-46(42(2)39-44)51-52-48-45(40-49)43(3)47(41-50)59-48/h26-27,39,54H,4-25,28-38H2,1-3H3/b52-51-. The number of anilines is 1. The van der Waals surface area contributed by atoms with Gasteiger partial charge in [0, 0.05) is 18.8 Å². The van der Waals surface area contributed by atoms with Crippen molar-refractivity contribution in [3.63, 3.8) is 0 Å². The number of nitrogens with zero attached hydrogens (tertiary/aromatic N) is 5. The lowest BCUT2D eigenvalue weighted by Crippen LogP contribution is -2.29. The molecule has 0 radical (unpaired) electrons. The van der Waals surface area contributed by atoms with Gasteiger partial charge in [0.05, 0.1) is 70.7 Å². The van der Waals surface area contributed by atoms with Crippen molar-refractivity contribution in [2.45, 2.75) is 162 Å². The Kier molecular flexibility index (Phi) is 32.7. The van der Waals surface area contributed by atoms with E-state index in [-0.39, 0.29) is 6.61 Å². The van der Waals surface area contributed by atoms with E-state index >= 15 is 0 Å². The van der Waals surface area contributed by atoms with Crippen LogP contribution in [0.5, 0.6) is 0 Å². The summed E-state index contributed by atoms with van der Waals surface area (Å²) in [6.07, 6.45) is 30.4. The molecular formula is C48H79N5O5S. The van der Waals surface area contributed by atoms with Crippen molar-refractivity contribution in [2.75, 3.05) is 77.5 Å². The number of ether oxygens (including phenoxy) is 4. The fourth-order valence-corrected chi connectivity index (χ4v) is 8.01. The van der Waals surface area contributed by atoms with Gasteiger partial charge < -0.3 is 29.0 Å². The molecule has 0 aliphatic rings. The normalized spacial score (nSPS) is 11.4. The second-order valence-corrected chi connectivity index (χ2v) is 16.7. The minimum absolute atomic E-state index is 0.0211. The number of hydrogen-bond donors (Lipinski definition) is 1. The average molecular weight is 838 g/mol.